The van der Waals surface area contributed by atoms with Crippen LogP contribution >= 0.6 is 7.92 Å². The van der Waals surface area contributed by atoms with Crippen LogP contribution in [0.4, 0.5) is 5.69 Å². The van der Waals surface area contributed by atoms with Gasteiger partial charge in [-0.15, -0.1) is 5.69 Å². The number of para-hydroxylation sites is 1. The van der Waals surface area contributed by atoms with Gasteiger partial charge in [0.25, 0.3) is 0 Å². The summed E-state index contributed by atoms with van der Waals surface area (Å²) in [5, 5.41) is 5.87. The van der Waals surface area contributed by atoms with E-state index in [1.165, 1.54) is 23.0 Å². The molecule has 0 saturated carbocycles. The molecule has 0 saturated heterocycles. The van der Waals surface area contributed by atoms with E-state index in [1.54, 1.807) is 0 Å². The van der Waals surface area contributed by atoms with Crippen LogP contribution in [0.25, 0.3) is 5.32 Å². The third-order valence-corrected chi connectivity index (χ3v) is 8.72. The van der Waals surface area contributed by atoms with Crippen LogP contribution in [-0.2, 0) is 16.5 Å². The van der Waals surface area contributed by atoms with Crippen molar-refractivity contribution >= 4 is 13.6 Å². The van der Waals surface area contributed by atoms with E-state index in [1.807, 2.05) is 0 Å². The molecule has 1 nitrogen and oxygen atoms in total. The summed E-state index contributed by atoms with van der Waals surface area (Å²) in [6.45, 7) is 21.0. The van der Waals surface area contributed by atoms with E-state index in [-0.39, 0.29) is 23.9 Å². The first kappa shape index (κ1) is 25.2. The molecule has 0 amide bonds. The number of nitrogens with zero attached hydrogens (tertiary/aromatic N) is 1. The normalized spacial score (nSPS) is 13.1. The molecule has 0 radical (unpaired) electrons. The molecule has 0 aliphatic heterocycles. The van der Waals surface area contributed by atoms with Gasteiger partial charge in [0.1, 0.15) is 0 Å². The van der Waals surface area contributed by atoms with Crippen molar-refractivity contribution in [1.82, 2.24) is 0 Å². The molecule has 1 rings (SSSR count). The molecule has 1 unspecified atom stereocenters. The first-order valence-corrected chi connectivity index (χ1v) is 9.77. The van der Waals surface area contributed by atoms with Crippen LogP contribution < -0.4 is 0 Å². The van der Waals surface area contributed by atoms with Crippen molar-refractivity contribution in [1.29, 1.82) is 0 Å². The Labute approximate surface area is 157 Å². The van der Waals surface area contributed by atoms with Gasteiger partial charge in [0.15, 0.2) is 0 Å². The molecule has 136 valence electrons. The first-order chi connectivity index (χ1) is 9.43. The third kappa shape index (κ3) is 7.58. The predicted molar refractivity (Wildman–Crippen MR) is 107 cm³/mol. The van der Waals surface area contributed by atoms with Gasteiger partial charge in [0.05, 0.1) is 10.3 Å². The fourth-order valence-corrected chi connectivity index (χ4v) is 7.46. The molecule has 1 aromatic carbocycles. The van der Waals surface area contributed by atoms with Crippen molar-refractivity contribution < 1.29 is 16.5 Å². The number of hydrogen-bond donors (Lipinski definition) is 0. The van der Waals surface area contributed by atoms with Gasteiger partial charge in [-0.05, 0) is 55.4 Å². The predicted octanol–water partition coefficient (Wildman–Crippen LogP) is 6.96. The molecular formula is C20H37NNiP+. The summed E-state index contributed by atoms with van der Waals surface area (Å²) >= 11 is 0. The minimum atomic E-state index is -0.513. The Morgan fingerprint density at radius 3 is 1.70 bits per heavy atom. The Balaban J connectivity index is 0. The molecule has 0 bridgehead atoms. The van der Waals surface area contributed by atoms with Gasteiger partial charge in [-0.3, -0.25) is 0 Å². The van der Waals surface area contributed by atoms with E-state index in [2.05, 4.69) is 80.5 Å². The van der Waals surface area contributed by atoms with Crippen LogP contribution in [0.3, 0.4) is 0 Å². The van der Waals surface area contributed by atoms with Crippen molar-refractivity contribution in [3.8, 4) is 0 Å². The van der Waals surface area contributed by atoms with Gasteiger partial charge in [0, 0.05) is 14.1 Å². The van der Waals surface area contributed by atoms with Crippen molar-refractivity contribution in [3.63, 3.8) is 0 Å². The monoisotopic (exact) mass is 380 g/mol. The SMILES string of the molecule is Cc1cccc(C)c1[N-]C(C)C[PH+](C(C)(C)C)C(C)(C)C.[CH3-].[Ni+2]. The third-order valence-electron chi connectivity index (χ3n) is 4.10. The molecule has 0 N–H and O–H groups in total. The van der Waals surface area contributed by atoms with Gasteiger partial charge in [-0.2, -0.15) is 0 Å². The van der Waals surface area contributed by atoms with Crippen molar-refractivity contribution in [2.75, 3.05) is 6.16 Å². The maximum Gasteiger partial charge on any atom is 2.00 e. The van der Waals surface area contributed by atoms with Crippen molar-refractivity contribution in [2.24, 2.45) is 0 Å². The maximum absolute atomic E-state index is 5.05. The molecule has 0 heterocycles. The Bertz CT molecular complexity index is 437. The van der Waals surface area contributed by atoms with Crippen LogP contribution in [0.5, 0.6) is 0 Å². The van der Waals surface area contributed by atoms with E-state index in [4.69, 9.17) is 5.32 Å². The summed E-state index contributed by atoms with van der Waals surface area (Å²) in [7, 11) is -0.513. The summed E-state index contributed by atoms with van der Waals surface area (Å²) < 4.78 is 0. The van der Waals surface area contributed by atoms with Crippen LogP contribution in [-0.4, -0.2) is 22.5 Å². The summed E-state index contributed by atoms with van der Waals surface area (Å²) in [6.07, 6.45) is 1.24. The second-order valence-corrected chi connectivity index (χ2v) is 12.8. The number of hydrogen-bond acceptors (Lipinski definition) is 0. The van der Waals surface area contributed by atoms with Gasteiger partial charge in [-0.1, -0.05) is 42.3 Å². The zero-order valence-electron chi connectivity index (χ0n) is 16.8. The second-order valence-electron chi connectivity index (χ2n) is 8.40. The minimum Gasteiger partial charge on any atom is -0.679 e. The summed E-state index contributed by atoms with van der Waals surface area (Å²) in [5.41, 5.74) is 3.79. The van der Waals surface area contributed by atoms with Gasteiger partial charge >= 0.3 is 16.5 Å². The molecule has 0 aliphatic rings. The average Bonchev–Trinajstić information content (AvgIpc) is 2.28. The van der Waals surface area contributed by atoms with Crippen molar-refractivity contribution in [2.45, 2.75) is 78.7 Å². The molecule has 1 aromatic rings. The molecule has 0 spiro atoms. The Morgan fingerprint density at radius 2 is 1.35 bits per heavy atom. The Morgan fingerprint density at radius 1 is 0.957 bits per heavy atom. The second kappa shape index (κ2) is 9.43. The van der Waals surface area contributed by atoms with Crippen LogP contribution in [0.15, 0.2) is 18.2 Å². The zero-order chi connectivity index (χ0) is 16.4. The van der Waals surface area contributed by atoms with E-state index in [9.17, 15) is 0 Å². The average molecular weight is 381 g/mol. The fourth-order valence-electron chi connectivity index (χ4n) is 3.31. The van der Waals surface area contributed by atoms with Crippen LogP contribution in [0, 0.1) is 21.3 Å². The molecule has 23 heavy (non-hydrogen) atoms. The van der Waals surface area contributed by atoms with E-state index >= 15 is 0 Å². The number of aryl methyl sites for hydroxylation is 2. The smallest absolute Gasteiger partial charge is 0.679 e. The van der Waals surface area contributed by atoms with E-state index in [0.29, 0.717) is 16.4 Å². The quantitative estimate of drug-likeness (QED) is 0.304. The number of benzene rings is 1. The molecule has 0 aromatic heterocycles. The Kier molecular flexibility index (Phi) is 10.3. The first-order valence-electron chi connectivity index (χ1n) is 8.06. The van der Waals surface area contributed by atoms with Gasteiger partial charge in [0.2, 0.25) is 0 Å². The van der Waals surface area contributed by atoms with Crippen molar-refractivity contribution in [3.05, 3.63) is 42.1 Å². The van der Waals surface area contributed by atoms with Gasteiger partial charge < -0.3 is 12.7 Å². The topological polar surface area (TPSA) is 14.1 Å². The Hall–Kier alpha value is -0.0565. The van der Waals surface area contributed by atoms with E-state index < -0.39 is 7.92 Å². The zero-order valence-corrected chi connectivity index (χ0v) is 18.8. The van der Waals surface area contributed by atoms with Crippen LogP contribution in [0.2, 0.25) is 0 Å². The summed E-state index contributed by atoms with van der Waals surface area (Å²) in [4.78, 5) is 0. The number of rotatable bonds is 4. The molecular weight excluding hydrogens is 344 g/mol. The summed E-state index contributed by atoms with van der Waals surface area (Å²) in [6, 6.07) is 6.85. The minimum absolute atomic E-state index is 0. The molecule has 3 heteroatoms. The molecule has 0 aliphatic carbocycles. The van der Waals surface area contributed by atoms with Gasteiger partial charge in [-0.25, -0.2) is 0 Å². The largest absolute Gasteiger partial charge is 2.00 e. The maximum atomic E-state index is 5.05. The molecule has 1 atom stereocenters. The molecule has 0 fully saturated rings. The fraction of sp³-hybridized carbons (Fsp3) is 0.650. The summed E-state index contributed by atoms with van der Waals surface area (Å²) in [5.74, 6) is 0. The van der Waals surface area contributed by atoms with Crippen LogP contribution in [0.1, 0.15) is 59.6 Å². The van der Waals surface area contributed by atoms with E-state index in [0.717, 1.165) is 0 Å². The standard InChI is InChI=1S/C19H33NP.CH3.Ni/c1-14-11-10-12-15(2)17(14)20-16(3)13-21(18(4,5)6)19(7,8)9;;/h10-12,16H,13H2,1-9H3;1H3;/q2*-1;+2/p+1.